The number of alkyl halides is 2. The quantitative estimate of drug-likeness (QED) is 0.598. The number of ether oxygens (including phenoxy) is 1. The summed E-state index contributed by atoms with van der Waals surface area (Å²) in [6.45, 7) is 6.09. The molecule has 0 atom stereocenters. The molecule has 0 N–H and O–H groups in total. The third-order valence-electron chi connectivity index (χ3n) is 2.11. The van der Waals surface area contributed by atoms with Gasteiger partial charge in [-0.3, -0.25) is 0 Å². The molecule has 1 rings (SSSR count). The van der Waals surface area contributed by atoms with Crippen LogP contribution >= 0.6 is 0 Å². The molecule has 1 aromatic rings. The maximum atomic E-state index is 13.4. The summed E-state index contributed by atoms with van der Waals surface area (Å²) >= 11 is 0. The average Bonchev–Trinajstić information content (AvgIpc) is 2.28. The largest absolute Gasteiger partial charge is 0.490 e. The smallest absolute Gasteiger partial charge is 0.241 e. The zero-order valence-electron chi connectivity index (χ0n) is 11.3. The molecule has 0 aliphatic heterocycles. The molecule has 104 valence electrons. The molecule has 0 heterocycles. The molecule has 0 saturated heterocycles. The van der Waals surface area contributed by atoms with Crippen LogP contribution in [0.2, 0.25) is 19.6 Å². The van der Waals surface area contributed by atoms with Gasteiger partial charge in [0.25, 0.3) is 0 Å². The lowest BCUT2D eigenvalue weighted by atomic mass is 10.2. The molecule has 0 saturated carbocycles. The number of halogens is 3. The number of hydrogen-bond acceptors (Lipinski definition) is 1. The van der Waals surface area contributed by atoms with Crippen molar-refractivity contribution in [2.75, 3.05) is 6.61 Å². The lowest BCUT2D eigenvalue weighted by Crippen LogP contribution is -2.16. The topological polar surface area (TPSA) is 9.23 Å². The molecule has 5 heteroatoms. The maximum Gasteiger partial charge on any atom is 0.241 e. The Morgan fingerprint density at radius 3 is 2.53 bits per heavy atom. The predicted octanol–water partition coefficient (Wildman–Crippen LogP) is 4.09. The summed E-state index contributed by atoms with van der Waals surface area (Å²) in [5.41, 5.74) is 3.79. The summed E-state index contributed by atoms with van der Waals surface area (Å²) in [5.74, 6) is 2.38. The number of hydrogen-bond donors (Lipinski definition) is 0. The van der Waals surface area contributed by atoms with Crippen LogP contribution in [0.3, 0.4) is 0 Å². The highest BCUT2D eigenvalue weighted by atomic mass is 28.3. The van der Waals surface area contributed by atoms with E-state index in [1.165, 1.54) is 12.1 Å². The Kier molecular flexibility index (Phi) is 5.49. The molecule has 0 radical (unpaired) electrons. The highest BCUT2D eigenvalue weighted by Gasteiger charge is 2.09. The Hall–Kier alpha value is -1.41. The van der Waals surface area contributed by atoms with Crippen molar-refractivity contribution in [3.05, 3.63) is 29.6 Å². The van der Waals surface area contributed by atoms with Crippen molar-refractivity contribution in [2.45, 2.75) is 32.5 Å². The first-order valence-electron chi connectivity index (χ1n) is 6.01. The first-order chi connectivity index (χ1) is 8.78. The van der Waals surface area contributed by atoms with Gasteiger partial charge in [0.1, 0.15) is 8.07 Å². The number of rotatable bonds is 4. The second-order valence-electron chi connectivity index (χ2n) is 5.17. The van der Waals surface area contributed by atoms with Crippen LogP contribution in [-0.2, 0) is 0 Å². The lowest BCUT2D eigenvalue weighted by molar-refractivity contribution is 0.113. The molecule has 0 unspecified atom stereocenters. The van der Waals surface area contributed by atoms with Gasteiger partial charge in [-0.2, -0.15) is 0 Å². The summed E-state index contributed by atoms with van der Waals surface area (Å²) < 4.78 is 42.4. The molecule has 0 aromatic heterocycles. The third-order valence-corrected chi connectivity index (χ3v) is 2.98. The van der Waals surface area contributed by atoms with E-state index in [1.54, 1.807) is 6.07 Å². The van der Waals surface area contributed by atoms with E-state index in [2.05, 4.69) is 31.1 Å². The van der Waals surface area contributed by atoms with Crippen molar-refractivity contribution in [1.29, 1.82) is 0 Å². The third kappa shape index (κ3) is 6.34. The van der Waals surface area contributed by atoms with Gasteiger partial charge in [0.2, 0.25) is 6.43 Å². The van der Waals surface area contributed by atoms with Crippen molar-refractivity contribution in [3.8, 4) is 17.2 Å². The minimum atomic E-state index is -2.45. The van der Waals surface area contributed by atoms with E-state index in [9.17, 15) is 13.2 Å². The Morgan fingerprint density at radius 2 is 1.95 bits per heavy atom. The van der Waals surface area contributed by atoms with Crippen LogP contribution in [0.15, 0.2) is 18.2 Å². The Bertz CT molecular complexity index is 484. The molecule has 0 spiro atoms. The highest BCUT2D eigenvalue weighted by Crippen LogP contribution is 2.19. The van der Waals surface area contributed by atoms with Gasteiger partial charge < -0.3 is 4.74 Å². The second kappa shape index (κ2) is 6.67. The van der Waals surface area contributed by atoms with E-state index >= 15 is 0 Å². The van der Waals surface area contributed by atoms with Crippen LogP contribution in [0, 0.1) is 17.3 Å². The molecule has 19 heavy (non-hydrogen) atoms. The molecule has 0 amide bonds. The van der Waals surface area contributed by atoms with Crippen molar-refractivity contribution in [3.63, 3.8) is 0 Å². The van der Waals surface area contributed by atoms with Crippen LogP contribution in [0.5, 0.6) is 5.75 Å². The fraction of sp³-hybridized carbons (Fsp3) is 0.429. The number of benzene rings is 1. The van der Waals surface area contributed by atoms with E-state index in [0.717, 1.165) is 0 Å². The molecule has 0 aliphatic rings. The van der Waals surface area contributed by atoms with Gasteiger partial charge in [-0.1, -0.05) is 25.6 Å². The minimum Gasteiger partial charge on any atom is -0.490 e. The Morgan fingerprint density at radius 1 is 1.26 bits per heavy atom. The van der Waals surface area contributed by atoms with Crippen LogP contribution in [-0.4, -0.2) is 21.1 Å². The van der Waals surface area contributed by atoms with Gasteiger partial charge in [0.15, 0.2) is 11.6 Å². The minimum absolute atomic E-state index is 0.0250. The maximum absolute atomic E-state index is 13.4. The Balaban J connectivity index is 2.79. The first-order valence-corrected chi connectivity index (χ1v) is 9.51. The monoisotopic (exact) mass is 286 g/mol. The predicted molar refractivity (Wildman–Crippen MR) is 72.7 cm³/mol. The fourth-order valence-electron chi connectivity index (χ4n) is 1.21. The van der Waals surface area contributed by atoms with Gasteiger partial charge in [-0.05, 0) is 18.2 Å². The van der Waals surface area contributed by atoms with Crippen molar-refractivity contribution in [2.24, 2.45) is 0 Å². The zero-order valence-corrected chi connectivity index (χ0v) is 12.3. The van der Waals surface area contributed by atoms with Crippen molar-refractivity contribution >= 4 is 8.07 Å². The van der Waals surface area contributed by atoms with Gasteiger partial charge in [0, 0.05) is 12.0 Å². The summed E-state index contributed by atoms with van der Waals surface area (Å²) in [6.07, 6.45) is -2.86. The molecule has 1 aromatic carbocycles. The molecular formula is C14H17F3OSi. The standard InChI is InChI=1S/C14H17F3OSi/c1-19(2,3)9-7-11-4-5-12(15)13(10-11)18-8-6-14(16)17/h4-5,10,14H,6,8H2,1-3H3. The van der Waals surface area contributed by atoms with Gasteiger partial charge in [-0.15, -0.1) is 5.54 Å². The van der Waals surface area contributed by atoms with E-state index in [0.29, 0.717) is 5.56 Å². The zero-order chi connectivity index (χ0) is 14.5. The van der Waals surface area contributed by atoms with E-state index in [1.807, 2.05) is 0 Å². The summed E-state index contributed by atoms with van der Waals surface area (Å²) in [6, 6.07) is 4.25. The van der Waals surface area contributed by atoms with Crippen molar-refractivity contribution in [1.82, 2.24) is 0 Å². The summed E-state index contributed by atoms with van der Waals surface area (Å²) in [4.78, 5) is 0. The molecule has 1 nitrogen and oxygen atoms in total. The average molecular weight is 286 g/mol. The summed E-state index contributed by atoms with van der Waals surface area (Å²) in [5, 5.41) is 0. The Labute approximate surface area is 112 Å². The summed E-state index contributed by atoms with van der Waals surface area (Å²) in [7, 11) is -1.51. The molecule has 0 aliphatic carbocycles. The molecule has 0 fully saturated rings. The van der Waals surface area contributed by atoms with Gasteiger partial charge in [-0.25, -0.2) is 13.2 Å². The highest BCUT2D eigenvalue weighted by molar-refractivity contribution is 6.83. The second-order valence-corrected chi connectivity index (χ2v) is 9.92. The van der Waals surface area contributed by atoms with E-state index in [4.69, 9.17) is 4.74 Å². The van der Waals surface area contributed by atoms with Gasteiger partial charge in [0.05, 0.1) is 6.61 Å². The van der Waals surface area contributed by atoms with E-state index < -0.39 is 26.7 Å². The van der Waals surface area contributed by atoms with Gasteiger partial charge >= 0.3 is 0 Å². The van der Waals surface area contributed by atoms with Crippen molar-refractivity contribution < 1.29 is 17.9 Å². The molecule has 0 bridgehead atoms. The first kappa shape index (κ1) is 15.6. The van der Waals surface area contributed by atoms with Crippen LogP contribution in [0.25, 0.3) is 0 Å². The van der Waals surface area contributed by atoms with Crippen LogP contribution in [0.4, 0.5) is 13.2 Å². The fourth-order valence-corrected chi connectivity index (χ4v) is 1.73. The lowest BCUT2D eigenvalue weighted by Gasteiger charge is -2.07. The normalized spacial score (nSPS) is 11.1. The molecular weight excluding hydrogens is 269 g/mol. The van der Waals surface area contributed by atoms with Crippen LogP contribution in [0.1, 0.15) is 12.0 Å². The SMILES string of the molecule is C[Si](C)(C)C#Cc1ccc(F)c(OCCC(F)F)c1. The van der Waals surface area contributed by atoms with Crippen LogP contribution < -0.4 is 4.74 Å². The van der Waals surface area contributed by atoms with E-state index in [-0.39, 0.29) is 12.4 Å².